The summed E-state index contributed by atoms with van der Waals surface area (Å²) in [5, 5.41) is 4.71. The molecular weight excluding hydrogens is 523 g/mol. The second kappa shape index (κ2) is 13.0. The van der Waals surface area contributed by atoms with Gasteiger partial charge in [-0.2, -0.15) is 5.10 Å². The van der Waals surface area contributed by atoms with Gasteiger partial charge in [0.2, 0.25) is 0 Å². The number of carbonyl (C=O) groups excluding carboxylic acids is 1. The number of methoxy groups -OCH3 is 1. The lowest BCUT2D eigenvalue weighted by atomic mass is 10.2. The van der Waals surface area contributed by atoms with Gasteiger partial charge in [-0.25, -0.2) is 5.43 Å². The van der Waals surface area contributed by atoms with Crippen molar-refractivity contribution in [1.82, 2.24) is 5.43 Å². The molecular formula is C30H26Cl2N2O4. The highest BCUT2D eigenvalue weighted by Gasteiger charge is 2.12. The molecule has 4 aromatic rings. The highest BCUT2D eigenvalue weighted by molar-refractivity contribution is 6.37. The molecule has 0 aromatic heterocycles. The van der Waals surface area contributed by atoms with Crippen molar-refractivity contribution in [2.45, 2.75) is 20.1 Å². The van der Waals surface area contributed by atoms with E-state index in [1.54, 1.807) is 30.3 Å². The zero-order valence-corrected chi connectivity index (χ0v) is 22.4. The average molecular weight is 549 g/mol. The number of amides is 1. The summed E-state index contributed by atoms with van der Waals surface area (Å²) in [5.41, 5.74) is 6.66. The number of aryl methyl sites for hydroxylation is 1. The third-order valence-electron chi connectivity index (χ3n) is 5.57. The Hall–Kier alpha value is -4.00. The van der Waals surface area contributed by atoms with E-state index in [0.717, 1.165) is 11.1 Å². The molecule has 4 rings (SSSR count). The molecule has 0 saturated heterocycles. The maximum Gasteiger partial charge on any atom is 0.271 e. The van der Waals surface area contributed by atoms with Gasteiger partial charge >= 0.3 is 0 Å². The van der Waals surface area contributed by atoms with E-state index in [2.05, 4.69) is 10.5 Å². The fraction of sp³-hybridized carbons (Fsp3) is 0.133. The molecule has 1 amide bonds. The van der Waals surface area contributed by atoms with E-state index in [1.165, 1.54) is 18.9 Å². The molecule has 0 atom stereocenters. The van der Waals surface area contributed by atoms with Gasteiger partial charge in [0.25, 0.3) is 5.91 Å². The quantitative estimate of drug-likeness (QED) is 0.167. The summed E-state index contributed by atoms with van der Waals surface area (Å²) in [6.45, 7) is 2.74. The van der Waals surface area contributed by atoms with Crippen LogP contribution in [0.3, 0.4) is 0 Å². The monoisotopic (exact) mass is 548 g/mol. The molecule has 6 nitrogen and oxygen atoms in total. The van der Waals surface area contributed by atoms with Crippen molar-refractivity contribution in [3.05, 3.63) is 123 Å². The normalized spacial score (nSPS) is 10.8. The Morgan fingerprint density at radius 1 is 0.842 bits per heavy atom. The summed E-state index contributed by atoms with van der Waals surface area (Å²) >= 11 is 12.8. The minimum absolute atomic E-state index is 0.336. The molecule has 38 heavy (non-hydrogen) atoms. The molecule has 0 aliphatic heterocycles. The smallest absolute Gasteiger partial charge is 0.271 e. The zero-order valence-electron chi connectivity index (χ0n) is 20.9. The van der Waals surface area contributed by atoms with Crippen molar-refractivity contribution in [3.8, 4) is 17.2 Å². The van der Waals surface area contributed by atoms with Crippen molar-refractivity contribution in [2.75, 3.05) is 7.11 Å². The van der Waals surface area contributed by atoms with Gasteiger partial charge in [0.05, 0.1) is 23.4 Å². The predicted molar refractivity (Wildman–Crippen MR) is 151 cm³/mol. The standard InChI is InChI=1S/C30H26Cl2N2O4/c1-20-8-10-22(11-9-20)19-38-29-25(31)14-23(15-26(29)32)17-33-34-30(35)24-12-13-27(28(16-24)36-2)37-18-21-6-4-3-5-7-21/h3-17H,18-19H2,1-2H3,(H,34,35)/b33-17+. The summed E-state index contributed by atoms with van der Waals surface area (Å²) in [6, 6.07) is 26.0. The number of hydrazone groups is 1. The van der Waals surface area contributed by atoms with E-state index < -0.39 is 5.91 Å². The fourth-order valence-corrected chi connectivity index (χ4v) is 4.14. The maximum absolute atomic E-state index is 12.6. The van der Waals surface area contributed by atoms with E-state index in [1.807, 2.05) is 61.5 Å². The molecule has 0 spiro atoms. The molecule has 194 valence electrons. The predicted octanol–water partition coefficient (Wildman–Crippen LogP) is 7.23. The summed E-state index contributed by atoms with van der Waals surface area (Å²) in [4.78, 5) is 12.6. The second-order valence-electron chi connectivity index (χ2n) is 8.43. The van der Waals surface area contributed by atoms with E-state index >= 15 is 0 Å². The number of nitrogens with zero attached hydrogens (tertiary/aromatic N) is 1. The number of hydrogen-bond donors (Lipinski definition) is 1. The van der Waals surface area contributed by atoms with Gasteiger partial charge < -0.3 is 14.2 Å². The Morgan fingerprint density at radius 2 is 1.50 bits per heavy atom. The molecule has 0 saturated carbocycles. The minimum Gasteiger partial charge on any atom is -0.493 e. The van der Waals surface area contributed by atoms with Crippen LogP contribution in [-0.4, -0.2) is 19.2 Å². The molecule has 0 radical (unpaired) electrons. The number of halogens is 2. The minimum atomic E-state index is -0.413. The number of benzene rings is 4. The largest absolute Gasteiger partial charge is 0.493 e. The Kier molecular flexibility index (Phi) is 9.25. The van der Waals surface area contributed by atoms with Crippen LogP contribution in [0, 0.1) is 6.92 Å². The topological polar surface area (TPSA) is 69.2 Å². The summed E-state index contributed by atoms with van der Waals surface area (Å²) in [5.74, 6) is 0.948. The Bertz CT molecular complexity index is 1400. The zero-order chi connectivity index (χ0) is 26.9. The van der Waals surface area contributed by atoms with Crippen LogP contribution in [0.25, 0.3) is 0 Å². The fourth-order valence-electron chi connectivity index (χ4n) is 3.53. The second-order valence-corrected chi connectivity index (χ2v) is 9.24. The summed E-state index contributed by atoms with van der Waals surface area (Å²) in [7, 11) is 1.52. The van der Waals surface area contributed by atoms with Gasteiger partial charge in [0.15, 0.2) is 17.2 Å². The van der Waals surface area contributed by atoms with Crippen LogP contribution in [0.4, 0.5) is 0 Å². The van der Waals surface area contributed by atoms with Crippen LogP contribution in [-0.2, 0) is 13.2 Å². The van der Waals surface area contributed by atoms with Crippen LogP contribution >= 0.6 is 23.2 Å². The Balaban J connectivity index is 1.36. The van der Waals surface area contributed by atoms with Gasteiger partial charge in [0.1, 0.15) is 13.2 Å². The summed E-state index contributed by atoms with van der Waals surface area (Å²) < 4.78 is 17.1. The van der Waals surface area contributed by atoms with Gasteiger partial charge in [-0.3, -0.25) is 4.79 Å². The maximum atomic E-state index is 12.6. The van der Waals surface area contributed by atoms with Gasteiger partial charge in [-0.15, -0.1) is 0 Å². The van der Waals surface area contributed by atoms with Crippen molar-refractivity contribution >= 4 is 35.3 Å². The first kappa shape index (κ1) is 27.0. The lowest BCUT2D eigenvalue weighted by molar-refractivity contribution is 0.0954. The highest BCUT2D eigenvalue weighted by Crippen LogP contribution is 2.34. The third-order valence-corrected chi connectivity index (χ3v) is 6.13. The third kappa shape index (κ3) is 7.28. The van der Waals surface area contributed by atoms with Gasteiger partial charge in [-0.05, 0) is 53.9 Å². The van der Waals surface area contributed by atoms with Crippen molar-refractivity contribution in [3.63, 3.8) is 0 Å². The number of hydrogen-bond acceptors (Lipinski definition) is 5. The first-order chi connectivity index (χ1) is 18.4. The van der Waals surface area contributed by atoms with Crippen LogP contribution < -0.4 is 19.6 Å². The first-order valence-electron chi connectivity index (χ1n) is 11.8. The van der Waals surface area contributed by atoms with E-state index in [0.29, 0.717) is 51.6 Å². The first-order valence-corrected chi connectivity index (χ1v) is 12.5. The van der Waals surface area contributed by atoms with Crippen LogP contribution in [0.1, 0.15) is 32.6 Å². The molecule has 0 unspecified atom stereocenters. The van der Waals surface area contributed by atoms with Crippen LogP contribution in [0.15, 0.2) is 90.0 Å². The van der Waals surface area contributed by atoms with E-state index in [4.69, 9.17) is 37.4 Å². The molecule has 0 heterocycles. The van der Waals surface area contributed by atoms with Gasteiger partial charge in [-0.1, -0.05) is 83.4 Å². The molecule has 1 N–H and O–H groups in total. The lowest BCUT2D eigenvalue weighted by Gasteiger charge is -2.12. The SMILES string of the molecule is COc1cc(C(=O)N/N=C/c2cc(Cl)c(OCc3ccc(C)cc3)c(Cl)c2)ccc1OCc1ccccc1. The average Bonchev–Trinajstić information content (AvgIpc) is 2.93. The molecule has 0 fully saturated rings. The molecule has 0 aliphatic carbocycles. The van der Waals surface area contributed by atoms with Crippen LogP contribution in [0.5, 0.6) is 17.2 Å². The number of carbonyl (C=O) groups is 1. The van der Waals surface area contributed by atoms with Crippen LogP contribution in [0.2, 0.25) is 10.0 Å². The summed E-state index contributed by atoms with van der Waals surface area (Å²) in [6.07, 6.45) is 1.45. The Morgan fingerprint density at radius 3 is 2.18 bits per heavy atom. The molecule has 0 aliphatic rings. The highest BCUT2D eigenvalue weighted by atomic mass is 35.5. The molecule has 4 aromatic carbocycles. The number of nitrogens with one attached hydrogen (secondary N) is 1. The van der Waals surface area contributed by atoms with Crippen molar-refractivity contribution in [2.24, 2.45) is 5.10 Å². The number of ether oxygens (including phenoxy) is 3. The van der Waals surface area contributed by atoms with E-state index in [-0.39, 0.29) is 0 Å². The molecule has 0 bridgehead atoms. The van der Waals surface area contributed by atoms with Crippen molar-refractivity contribution in [1.29, 1.82) is 0 Å². The van der Waals surface area contributed by atoms with Gasteiger partial charge in [0, 0.05) is 5.56 Å². The van der Waals surface area contributed by atoms with Crippen molar-refractivity contribution < 1.29 is 19.0 Å². The van der Waals surface area contributed by atoms with E-state index in [9.17, 15) is 4.79 Å². The lowest BCUT2D eigenvalue weighted by Crippen LogP contribution is -2.17. The number of rotatable bonds is 10. The molecule has 8 heteroatoms. The Labute approximate surface area is 231 Å².